The highest BCUT2D eigenvalue weighted by Gasteiger charge is 1.97. The molecule has 0 aliphatic rings. The van der Waals surface area contributed by atoms with Gasteiger partial charge in [0.2, 0.25) is 5.95 Å². The lowest BCUT2D eigenvalue weighted by Crippen LogP contribution is -2.21. The Kier molecular flexibility index (Phi) is 4.63. The maximum atomic E-state index is 10.8. The molecule has 2 heterocycles. The number of hydrogen-bond acceptors (Lipinski definition) is 6. The molecule has 0 aromatic carbocycles. The number of aryl methyl sites for hydroxylation is 4. The van der Waals surface area contributed by atoms with Crippen LogP contribution in [0.25, 0.3) is 0 Å². The van der Waals surface area contributed by atoms with Gasteiger partial charge in [0.25, 0.3) is 5.56 Å². The van der Waals surface area contributed by atoms with Gasteiger partial charge < -0.3 is 20.6 Å². The third-order valence-corrected chi connectivity index (χ3v) is 2.61. The van der Waals surface area contributed by atoms with Gasteiger partial charge in [-0.1, -0.05) is 0 Å². The minimum atomic E-state index is -0.317. The van der Waals surface area contributed by atoms with Gasteiger partial charge in [0.15, 0.2) is 0 Å². The molecule has 0 fully saturated rings. The third kappa shape index (κ3) is 3.67. The molecule has 0 radical (unpaired) electrons. The summed E-state index contributed by atoms with van der Waals surface area (Å²) in [5.74, 6) is 0.554. The summed E-state index contributed by atoms with van der Waals surface area (Å²) in [6.45, 7) is 3.51. The molecule has 0 aliphatic heterocycles. The number of nitrogen functional groups attached to an aromatic ring is 2. The van der Waals surface area contributed by atoms with Crippen molar-refractivity contribution in [2.45, 2.75) is 13.8 Å². The molecule has 0 aliphatic carbocycles. The van der Waals surface area contributed by atoms with Crippen molar-refractivity contribution in [3.8, 4) is 0 Å². The summed E-state index contributed by atoms with van der Waals surface area (Å²) in [5, 5.41) is 0. The Morgan fingerprint density at radius 1 is 0.950 bits per heavy atom. The minimum absolute atomic E-state index is 0.246. The SMILES string of the molecule is Cc1cn(C)c(=O)nc1N.Cc1cn(C)c(N)nc1=O. The zero-order chi connectivity index (χ0) is 15.4. The second-order valence-corrected chi connectivity index (χ2v) is 4.40. The predicted octanol–water partition coefficient (Wildman–Crippen LogP) is -0.658. The number of rotatable bonds is 0. The number of aromatic nitrogens is 4. The molecule has 0 saturated carbocycles. The van der Waals surface area contributed by atoms with Crippen LogP contribution >= 0.6 is 0 Å². The van der Waals surface area contributed by atoms with Crippen LogP contribution in [0.5, 0.6) is 0 Å². The van der Waals surface area contributed by atoms with E-state index in [-0.39, 0.29) is 17.2 Å². The summed E-state index contributed by atoms with van der Waals surface area (Å²) in [5.41, 5.74) is 11.6. The van der Waals surface area contributed by atoms with E-state index in [0.29, 0.717) is 11.4 Å². The summed E-state index contributed by atoms with van der Waals surface area (Å²) >= 11 is 0. The van der Waals surface area contributed by atoms with E-state index in [4.69, 9.17) is 11.5 Å². The highest BCUT2D eigenvalue weighted by molar-refractivity contribution is 5.34. The monoisotopic (exact) mass is 278 g/mol. The molecule has 108 valence electrons. The number of nitrogens with two attached hydrogens (primary N) is 2. The largest absolute Gasteiger partial charge is 0.383 e. The van der Waals surface area contributed by atoms with Crippen LogP contribution in [0.4, 0.5) is 11.8 Å². The first-order chi connectivity index (χ1) is 9.22. The standard InChI is InChI=1S/2C6H9N3O/c1-4-3-9(2)6(7)8-5(4)10;1-4-3-9(2)6(10)8-5(4)7/h2*3H,1-2H3,(H2,7,8,10). The van der Waals surface area contributed by atoms with Gasteiger partial charge in [0.1, 0.15) is 5.82 Å². The van der Waals surface area contributed by atoms with Gasteiger partial charge in [-0.2, -0.15) is 9.97 Å². The zero-order valence-electron chi connectivity index (χ0n) is 11.9. The minimum Gasteiger partial charge on any atom is -0.383 e. The van der Waals surface area contributed by atoms with Gasteiger partial charge in [-0.3, -0.25) is 4.79 Å². The molecule has 0 spiro atoms. The van der Waals surface area contributed by atoms with Gasteiger partial charge >= 0.3 is 5.69 Å². The molecule has 0 saturated heterocycles. The van der Waals surface area contributed by atoms with Crippen LogP contribution in [0.1, 0.15) is 11.1 Å². The maximum Gasteiger partial charge on any atom is 0.349 e. The topological polar surface area (TPSA) is 122 Å². The van der Waals surface area contributed by atoms with Gasteiger partial charge in [-0.15, -0.1) is 0 Å². The Morgan fingerprint density at radius 3 is 2.00 bits per heavy atom. The van der Waals surface area contributed by atoms with E-state index in [0.717, 1.165) is 5.56 Å². The predicted molar refractivity (Wildman–Crippen MR) is 77.3 cm³/mol. The van der Waals surface area contributed by atoms with Gasteiger partial charge in [-0.25, -0.2) is 4.79 Å². The van der Waals surface area contributed by atoms with Crippen molar-refractivity contribution in [2.24, 2.45) is 14.1 Å². The van der Waals surface area contributed by atoms with E-state index in [9.17, 15) is 9.59 Å². The lowest BCUT2D eigenvalue weighted by atomic mass is 10.3. The molecular weight excluding hydrogens is 260 g/mol. The second kappa shape index (κ2) is 6.00. The van der Waals surface area contributed by atoms with Crippen LogP contribution in [0.3, 0.4) is 0 Å². The quantitative estimate of drug-likeness (QED) is 0.659. The highest BCUT2D eigenvalue weighted by atomic mass is 16.1. The van der Waals surface area contributed by atoms with E-state index in [1.54, 1.807) is 38.0 Å². The lowest BCUT2D eigenvalue weighted by molar-refractivity contribution is 0.805. The summed E-state index contributed by atoms with van der Waals surface area (Å²) in [6.07, 6.45) is 3.31. The average molecular weight is 278 g/mol. The van der Waals surface area contributed by atoms with Gasteiger partial charge in [0, 0.05) is 37.6 Å². The number of hydrogen-bond donors (Lipinski definition) is 2. The number of nitrogens with zero attached hydrogens (tertiary/aromatic N) is 4. The molecule has 2 rings (SSSR count). The van der Waals surface area contributed by atoms with Crippen LogP contribution in [0.15, 0.2) is 22.0 Å². The smallest absolute Gasteiger partial charge is 0.349 e. The summed E-state index contributed by atoms with van der Waals surface area (Å²) in [4.78, 5) is 28.7. The molecule has 0 bridgehead atoms. The zero-order valence-corrected chi connectivity index (χ0v) is 11.9. The van der Waals surface area contributed by atoms with Crippen molar-refractivity contribution in [3.63, 3.8) is 0 Å². The second-order valence-electron chi connectivity index (χ2n) is 4.40. The Balaban J connectivity index is 0.000000200. The van der Waals surface area contributed by atoms with E-state index >= 15 is 0 Å². The fourth-order valence-corrected chi connectivity index (χ4v) is 1.36. The first-order valence-corrected chi connectivity index (χ1v) is 5.82. The van der Waals surface area contributed by atoms with Crippen LogP contribution < -0.4 is 22.7 Å². The Labute approximate surface area is 115 Å². The van der Waals surface area contributed by atoms with Crippen LogP contribution in [0.2, 0.25) is 0 Å². The first-order valence-electron chi connectivity index (χ1n) is 5.82. The van der Waals surface area contributed by atoms with Crippen molar-refractivity contribution in [1.29, 1.82) is 0 Å². The molecule has 0 unspecified atom stereocenters. The summed E-state index contributed by atoms with van der Waals surface area (Å²) in [6, 6.07) is 0. The number of anilines is 2. The van der Waals surface area contributed by atoms with Gasteiger partial charge in [-0.05, 0) is 13.8 Å². The average Bonchev–Trinajstić information content (AvgIpc) is 2.35. The van der Waals surface area contributed by atoms with E-state index < -0.39 is 0 Å². The van der Waals surface area contributed by atoms with Crippen molar-refractivity contribution in [1.82, 2.24) is 19.1 Å². The third-order valence-electron chi connectivity index (χ3n) is 2.61. The Bertz CT molecular complexity index is 668. The Morgan fingerprint density at radius 2 is 1.50 bits per heavy atom. The fraction of sp³-hybridized carbons (Fsp3) is 0.333. The lowest BCUT2D eigenvalue weighted by Gasteiger charge is -2.00. The van der Waals surface area contributed by atoms with E-state index in [1.165, 1.54) is 4.57 Å². The van der Waals surface area contributed by atoms with Crippen molar-refractivity contribution in [2.75, 3.05) is 11.5 Å². The first kappa shape index (κ1) is 15.4. The Hall–Kier alpha value is -2.64. The van der Waals surface area contributed by atoms with E-state index in [1.807, 2.05) is 6.92 Å². The van der Waals surface area contributed by atoms with Gasteiger partial charge in [0.05, 0.1) is 0 Å². The molecule has 0 atom stereocenters. The van der Waals surface area contributed by atoms with E-state index in [2.05, 4.69) is 9.97 Å². The molecule has 8 heteroatoms. The molecule has 2 aromatic heterocycles. The van der Waals surface area contributed by atoms with Crippen LogP contribution in [0, 0.1) is 13.8 Å². The molecule has 4 N–H and O–H groups in total. The molecule has 20 heavy (non-hydrogen) atoms. The molecule has 0 amide bonds. The molecular formula is C12H18N6O2. The summed E-state index contributed by atoms with van der Waals surface area (Å²) < 4.78 is 3.00. The van der Waals surface area contributed by atoms with Crippen molar-refractivity contribution >= 4 is 11.8 Å². The van der Waals surface area contributed by atoms with Crippen molar-refractivity contribution < 1.29 is 0 Å². The normalized spacial score (nSPS) is 9.80. The highest BCUT2D eigenvalue weighted by Crippen LogP contribution is 1.99. The molecule has 8 nitrogen and oxygen atoms in total. The maximum absolute atomic E-state index is 10.8. The fourth-order valence-electron chi connectivity index (χ4n) is 1.36. The van der Waals surface area contributed by atoms with Crippen LogP contribution in [-0.4, -0.2) is 19.1 Å². The van der Waals surface area contributed by atoms with Crippen molar-refractivity contribution in [3.05, 3.63) is 44.4 Å². The molecule has 2 aromatic rings. The summed E-state index contributed by atoms with van der Waals surface area (Å²) in [7, 11) is 3.39. The van der Waals surface area contributed by atoms with Crippen LogP contribution in [-0.2, 0) is 14.1 Å².